The van der Waals surface area contributed by atoms with Crippen LogP contribution in [0.25, 0.3) is 0 Å². The highest BCUT2D eigenvalue weighted by Crippen LogP contribution is 2.13. The molecule has 0 unspecified atom stereocenters. The van der Waals surface area contributed by atoms with Crippen LogP contribution in [-0.4, -0.2) is 29.5 Å². The molecule has 0 aliphatic carbocycles. The first-order chi connectivity index (χ1) is 8.63. The number of nitrogens with two attached hydrogens (primary N) is 1. The summed E-state index contributed by atoms with van der Waals surface area (Å²) in [6.07, 6.45) is 2.89. The number of unbranched alkanes of at least 4 members (excludes halogenated alkanes) is 1. The number of rotatable bonds is 8. The molecule has 0 amide bonds. The quantitative estimate of drug-likeness (QED) is 0.499. The lowest BCUT2D eigenvalue weighted by molar-refractivity contribution is 0.0697. The van der Waals surface area contributed by atoms with Crippen molar-refractivity contribution < 1.29 is 14.6 Å². The van der Waals surface area contributed by atoms with Gasteiger partial charge in [0.2, 0.25) is 0 Å². The largest absolute Gasteiger partial charge is 0.494 e. The molecular weight excluding hydrogens is 250 g/mol. The lowest BCUT2D eigenvalue weighted by Gasteiger charge is -2.09. The minimum absolute atomic E-state index is 0.156. The highest BCUT2D eigenvalue weighted by Gasteiger charge is 2.02. The molecule has 3 N–H and O–H groups in total. The summed E-state index contributed by atoms with van der Waals surface area (Å²) in [6, 6.07) is 6.57. The molecule has 5 heteroatoms. The first kappa shape index (κ1) is 14.9. The Hall–Kier alpha value is -1.20. The Morgan fingerprint density at radius 1 is 1.33 bits per heavy atom. The Morgan fingerprint density at radius 2 is 2.00 bits per heavy atom. The summed E-state index contributed by atoms with van der Waals surface area (Å²) in [5.74, 6) is 0.470. The smallest absolute Gasteiger partial charge is 0.335 e. The fourth-order valence-electron chi connectivity index (χ4n) is 1.48. The van der Waals surface area contributed by atoms with Crippen molar-refractivity contribution in [3.63, 3.8) is 0 Å². The summed E-state index contributed by atoms with van der Waals surface area (Å²) in [7, 11) is 0. The number of carbonyl (C=O) groups is 1. The summed E-state index contributed by atoms with van der Waals surface area (Å²) < 4.78 is 5.50. The minimum Gasteiger partial charge on any atom is -0.494 e. The van der Waals surface area contributed by atoms with Gasteiger partial charge in [0.25, 0.3) is 0 Å². The van der Waals surface area contributed by atoms with Crippen molar-refractivity contribution >= 4 is 18.6 Å². The van der Waals surface area contributed by atoms with Crippen LogP contribution in [0.4, 0.5) is 0 Å². The van der Waals surface area contributed by atoms with Crippen molar-refractivity contribution in [2.75, 3.05) is 12.4 Å². The van der Waals surface area contributed by atoms with Crippen LogP contribution in [0.3, 0.4) is 0 Å². The molecule has 0 bridgehead atoms. The molecule has 18 heavy (non-hydrogen) atoms. The van der Waals surface area contributed by atoms with Gasteiger partial charge in [0.1, 0.15) is 5.75 Å². The van der Waals surface area contributed by atoms with Gasteiger partial charge in [-0.2, -0.15) is 12.6 Å². The number of carboxylic acid groups (broad SMARTS) is 1. The van der Waals surface area contributed by atoms with Gasteiger partial charge >= 0.3 is 5.97 Å². The Bertz CT molecular complexity index is 367. The predicted molar refractivity (Wildman–Crippen MR) is 74.6 cm³/mol. The highest BCUT2D eigenvalue weighted by molar-refractivity contribution is 7.80. The molecule has 0 aliphatic rings. The van der Waals surface area contributed by atoms with Gasteiger partial charge in [-0.05, 0) is 43.5 Å². The van der Waals surface area contributed by atoms with E-state index in [2.05, 4.69) is 12.6 Å². The summed E-state index contributed by atoms with van der Waals surface area (Å²) in [4.78, 5) is 10.6. The van der Waals surface area contributed by atoms with E-state index in [1.807, 2.05) is 0 Å². The number of thiol groups is 1. The van der Waals surface area contributed by atoms with Crippen molar-refractivity contribution in [1.82, 2.24) is 0 Å². The zero-order valence-corrected chi connectivity index (χ0v) is 11.1. The SMILES string of the molecule is N[C@@H](CS)CCCCOc1ccc(C(=O)O)cc1. The molecule has 0 saturated heterocycles. The third-order valence-electron chi connectivity index (χ3n) is 2.57. The normalized spacial score (nSPS) is 12.1. The second-order valence-corrected chi connectivity index (χ2v) is 4.48. The fraction of sp³-hybridized carbons (Fsp3) is 0.462. The first-order valence-corrected chi connectivity index (χ1v) is 6.59. The van der Waals surface area contributed by atoms with Gasteiger partial charge in [0.05, 0.1) is 12.2 Å². The average molecular weight is 269 g/mol. The van der Waals surface area contributed by atoms with Crippen LogP contribution in [0.15, 0.2) is 24.3 Å². The van der Waals surface area contributed by atoms with E-state index < -0.39 is 5.97 Å². The molecule has 0 aromatic heterocycles. The van der Waals surface area contributed by atoms with Crippen molar-refractivity contribution in [1.29, 1.82) is 0 Å². The van der Waals surface area contributed by atoms with Crippen LogP contribution in [0.1, 0.15) is 29.6 Å². The molecule has 0 saturated carbocycles. The topological polar surface area (TPSA) is 72.5 Å². The van der Waals surface area contributed by atoms with Crippen LogP contribution in [-0.2, 0) is 0 Å². The Balaban J connectivity index is 2.21. The van der Waals surface area contributed by atoms with E-state index in [0.29, 0.717) is 18.1 Å². The first-order valence-electron chi connectivity index (χ1n) is 5.96. The molecule has 1 atom stereocenters. The zero-order chi connectivity index (χ0) is 13.4. The number of ether oxygens (including phenoxy) is 1. The van der Waals surface area contributed by atoms with Gasteiger partial charge < -0.3 is 15.6 Å². The minimum atomic E-state index is -0.928. The number of hydrogen-bond donors (Lipinski definition) is 3. The number of carboxylic acids is 1. The molecule has 4 nitrogen and oxygen atoms in total. The maximum atomic E-state index is 10.6. The second kappa shape index (κ2) is 8.00. The van der Waals surface area contributed by atoms with Crippen LogP contribution < -0.4 is 10.5 Å². The summed E-state index contributed by atoms with van der Waals surface area (Å²) in [5, 5.41) is 8.74. The van der Waals surface area contributed by atoms with Gasteiger partial charge in [-0.15, -0.1) is 0 Å². The van der Waals surface area contributed by atoms with Gasteiger partial charge in [-0.1, -0.05) is 0 Å². The lowest BCUT2D eigenvalue weighted by atomic mass is 10.1. The molecule has 0 heterocycles. The van der Waals surface area contributed by atoms with Gasteiger partial charge in [-0.25, -0.2) is 4.79 Å². The maximum absolute atomic E-state index is 10.6. The zero-order valence-electron chi connectivity index (χ0n) is 10.2. The van der Waals surface area contributed by atoms with E-state index in [4.69, 9.17) is 15.6 Å². The highest BCUT2D eigenvalue weighted by atomic mass is 32.1. The van der Waals surface area contributed by atoms with Crippen molar-refractivity contribution in [3.05, 3.63) is 29.8 Å². The predicted octanol–water partition coefficient (Wildman–Crippen LogP) is 2.19. The van der Waals surface area contributed by atoms with Crippen LogP contribution >= 0.6 is 12.6 Å². The molecule has 0 fully saturated rings. The number of aromatic carboxylic acids is 1. The second-order valence-electron chi connectivity index (χ2n) is 4.12. The third-order valence-corrected chi connectivity index (χ3v) is 3.04. The van der Waals surface area contributed by atoms with E-state index in [1.54, 1.807) is 12.1 Å². The molecule has 1 aromatic carbocycles. The monoisotopic (exact) mass is 269 g/mol. The fourth-order valence-corrected chi connectivity index (χ4v) is 1.67. The molecule has 1 rings (SSSR count). The van der Waals surface area contributed by atoms with Crippen LogP contribution in [0.5, 0.6) is 5.75 Å². The molecule has 0 spiro atoms. The number of benzene rings is 1. The lowest BCUT2D eigenvalue weighted by Crippen LogP contribution is -2.21. The molecular formula is C13H19NO3S. The summed E-state index contributed by atoms with van der Waals surface area (Å²) in [5.41, 5.74) is 6.00. The van der Waals surface area contributed by atoms with E-state index >= 15 is 0 Å². The molecule has 0 aliphatic heterocycles. The van der Waals surface area contributed by atoms with Gasteiger partial charge in [-0.3, -0.25) is 0 Å². The average Bonchev–Trinajstić information content (AvgIpc) is 2.38. The van der Waals surface area contributed by atoms with Crippen LogP contribution in [0, 0.1) is 0 Å². The van der Waals surface area contributed by atoms with E-state index in [-0.39, 0.29) is 11.6 Å². The maximum Gasteiger partial charge on any atom is 0.335 e. The molecule has 0 radical (unpaired) electrons. The molecule has 100 valence electrons. The molecule has 1 aromatic rings. The van der Waals surface area contributed by atoms with Gasteiger partial charge in [0.15, 0.2) is 0 Å². The van der Waals surface area contributed by atoms with Crippen molar-refractivity contribution in [2.45, 2.75) is 25.3 Å². The Kier molecular flexibility index (Phi) is 6.60. The van der Waals surface area contributed by atoms with Crippen molar-refractivity contribution in [2.24, 2.45) is 5.73 Å². The van der Waals surface area contributed by atoms with E-state index in [9.17, 15) is 4.79 Å². The van der Waals surface area contributed by atoms with Gasteiger partial charge in [0, 0.05) is 11.8 Å². The van der Waals surface area contributed by atoms with Crippen LogP contribution in [0.2, 0.25) is 0 Å². The number of hydrogen-bond acceptors (Lipinski definition) is 4. The third kappa shape index (κ3) is 5.42. The summed E-state index contributed by atoms with van der Waals surface area (Å²) in [6.45, 7) is 0.617. The summed E-state index contributed by atoms with van der Waals surface area (Å²) >= 11 is 4.12. The Morgan fingerprint density at radius 3 is 2.56 bits per heavy atom. The standard InChI is InChI=1S/C13H19NO3S/c14-11(9-18)3-1-2-8-17-12-6-4-10(5-7-12)13(15)16/h4-7,11,18H,1-3,8-9,14H2,(H,15,16)/t11-/m1/s1. The van der Waals surface area contributed by atoms with E-state index in [1.165, 1.54) is 12.1 Å². The Labute approximate surface area is 113 Å². The van der Waals surface area contributed by atoms with Crippen molar-refractivity contribution in [3.8, 4) is 5.75 Å². The van der Waals surface area contributed by atoms with E-state index in [0.717, 1.165) is 19.3 Å².